The Morgan fingerprint density at radius 3 is 2.80 bits per heavy atom. The highest BCUT2D eigenvalue weighted by molar-refractivity contribution is 9.10. The van der Waals surface area contributed by atoms with Crippen molar-refractivity contribution < 1.29 is 0 Å². The summed E-state index contributed by atoms with van der Waals surface area (Å²) in [6.07, 6.45) is 2.36. The van der Waals surface area contributed by atoms with Gasteiger partial charge in [-0.25, -0.2) is 0 Å². The number of hydrogen-bond donors (Lipinski definition) is 0. The molecule has 0 amide bonds. The SMILES string of the molecule is Brc1nn2c(c1-c1ccccc1)CCC2. The Morgan fingerprint density at radius 2 is 2.00 bits per heavy atom. The van der Waals surface area contributed by atoms with Gasteiger partial charge in [-0.3, -0.25) is 4.68 Å². The van der Waals surface area contributed by atoms with Crippen molar-refractivity contribution in [1.82, 2.24) is 9.78 Å². The minimum Gasteiger partial charge on any atom is -0.268 e. The zero-order valence-corrected chi connectivity index (χ0v) is 9.87. The third kappa shape index (κ3) is 1.42. The average molecular weight is 263 g/mol. The number of aromatic nitrogens is 2. The van der Waals surface area contributed by atoms with Crippen molar-refractivity contribution >= 4 is 15.9 Å². The first-order chi connectivity index (χ1) is 7.36. The molecule has 0 radical (unpaired) electrons. The summed E-state index contributed by atoms with van der Waals surface area (Å²) in [5.74, 6) is 0. The summed E-state index contributed by atoms with van der Waals surface area (Å²) in [4.78, 5) is 0. The Hall–Kier alpha value is -1.09. The molecule has 2 heterocycles. The molecule has 0 fully saturated rings. The maximum absolute atomic E-state index is 4.50. The Balaban J connectivity index is 2.20. The smallest absolute Gasteiger partial charge is 0.136 e. The third-order valence-corrected chi connectivity index (χ3v) is 3.42. The Kier molecular flexibility index (Phi) is 2.13. The van der Waals surface area contributed by atoms with E-state index in [1.165, 1.54) is 23.2 Å². The molecule has 2 aromatic rings. The van der Waals surface area contributed by atoms with Crippen LogP contribution in [0.5, 0.6) is 0 Å². The van der Waals surface area contributed by atoms with Crippen LogP contribution >= 0.6 is 15.9 Å². The normalized spacial score (nSPS) is 14.2. The number of halogens is 1. The Morgan fingerprint density at radius 1 is 1.20 bits per heavy atom. The average Bonchev–Trinajstić information content (AvgIpc) is 2.78. The van der Waals surface area contributed by atoms with Crippen LogP contribution in [0.15, 0.2) is 34.9 Å². The summed E-state index contributed by atoms with van der Waals surface area (Å²) in [5, 5.41) is 4.50. The second-order valence-electron chi connectivity index (χ2n) is 3.81. The molecule has 76 valence electrons. The first kappa shape index (κ1) is 9.16. The molecule has 0 unspecified atom stereocenters. The van der Waals surface area contributed by atoms with Gasteiger partial charge in [0.2, 0.25) is 0 Å². The van der Waals surface area contributed by atoms with Crippen molar-refractivity contribution in [2.24, 2.45) is 0 Å². The van der Waals surface area contributed by atoms with Gasteiger partial charge in [0.1, 0.15) is 4.60 Å². The molecule has 0 saturated carbocycles. The van der Waals surface area contributed by atoms with Crippen molar-refractivity contribution in [2.45, 2.75) is 19.4 Å². The predicted octanol–water partition coefficient (Wildman–Crippen LogP) is 3.26. The van der Waals surface area contributed by atoms with Crippen LogP contribution in [-0.4, -0.2) is 9.78 Å². The highest BCUT2D eigenvalue weighted by Gasteiger charge is 2.20. The molecule has 1 aromatic heterocycles. The van der Waals surface area contributed by atoms with Crippen molar-refractivity contribution in [2.75, 3.05) is 0 Å². The fourth-order valence-electron chi connectivity index (χ4n) is 2.19. The maximum atomic E-state index is 4.50. The van der Waals surface area contributed by atoms with Crippen LogP contribution in [0, 0.1) is 0 Å². The fourth-order valence-corrected chi connectivity index (χ4v) is 2.84. The summed E-state index contributed by atoms with van der Waals surface area (Å²) in [6.45, 7) is 1.06. The summed E-state index contributed by atoms with van der Waals surface area (Å²) in [7, 11) is 0. The second kappa shape index (κ2) is 3.49. The quantitative estimate of drug-likeness (QED) is 0.772. The van der Waals surface area contributed by atoms with E-state index in [1.807, 2.05) is 6.07 Å². The lowest BCUT2D eigenvalue weighted by Gasteiger charge is -2.00. The molecule has 1 aromatic carbocycles. The maximum Gasteiger partial charge on any atom is 0.136 e. The highest BCUT2D eigenvalue weighted by Crippen LogP contribution is 2.34. The number of rotatable bonds is 1. The minimum atomic E-state index is 0.975. The third-order valence-electron chi connectivity index (χ3n) is 2.86. The van der Waals surface area contributed by atoms with Crippen LogP contribution in [0.1, 0.15) is 12.1 Å². The van der Waals surface area contributed by atoms with E-state index < -0.39 is 0 Å². The van der Waals surface area contributed by atoms with Crippen LogP contribution in [0.3, 0.4) is 0 Å². The predicted molar refractivity (Wildman–Crippen MR) is 63.7 cm³/mol. The number of aryl methyl sites for hydroxylation is 1. The highest BCUT2D eigenvalue weighted by atomic mass is 79.9. The monoisotopic (exact) mass is 262 g/mol. The lowest BCUT2D eigenvalue weighted by atomic mass is 10.1. The molecule has 0 spiro atoms. The van der Waals surface area contributed by atoms with E-state index in [0.29, 0.717) is 0 Å². The van der Waals surface area contributed by atoms with E-state index in [4.69, 9.17) is 0 Å². The van der Waals surface area contributed by atoms with E-state index in [1.54, 1.807) is 0 Å². The van der Waals surface area contributed by atoms with Gasteiger partial charge in [0.15, 0.2) is 0 Å². The summed E-state index contributed by atoms with van der Waals surface area (Å²) in [5.41, 5.74) is 3.90. The molecule has 0 bridgehead atoms. The number of hydrogen-bond acceptors (Lipinski definition) is 1. The van der Waals surface area contributed by atoms with Crippen molar-refractivity contribution in [3.05, 3.63) is 40.6 Å². The lowest BCUT2D eigenvalue weighted by Crippen LogP contribution is -1.93. The number of nitrogens with zero attached hydrogens (tertiary/aromatic N) is 2. The minimum absolute atomic E-state index is 0.975. The molecule has 15 heavy (non-hydrogen) atoms. The van der Waals surface area contributed by atoms with Crippen molar-refractivity contribution in [3.8, 4) is 11.1 Å². The topological polar surface area (TPSA) is 17.8 Å². The van der Waals surface area contributed by atoms with Gasteiger partial charge in [0.05, 0.1) is 0 Å². The Labute approximate surface area is 97.1 Å². The van der Waals surface area contributed by atoms with E-state index in [2.05, 4.69) is 50.0 Å². The molecule has 2 nitrogen and oxygen atoms in total. The van der Waals surface area contributed by atoms with E-state index >= 15 is 0 Å². The van der Waals surface area contributed by atoms with Crippen LogP contribution in [0.25, 0.3) is 11.1 Å². The van der Waals surface area contributed by atoms with Gasteiger partial charge in [0.25, 0.3) is 0 Å². The van der Waals surface area contributed by atoms with Gasteiger partial charge in [0, 0.05) is 17.8 Å². The molecule has 0 aliphatic carbocycles. The molecular formula is C12H11BrN2. The Bertz CT molecular complexity index is 488. The van der Waals surface area contributed by atoms with Gasteiger partial charge in [-0.2, -0.15) is 5.10 Å². The van der Waals surface area contributed by atoms with E-state index in [9.17, 15) is 0 Å². The van der Waals surface area contributed by atoms with Crippen LogP contribution in [-0.2, 0) is 13.0 Å². The zero-order chi connectivity index (χ0) is 10.3. The number of benzene rings is 1. The van der Waals surface area contributed by atoms with Crippen molar-refractivity contribution in [3.63, 3.8) is 0 Å². The van der Waals surface area contributed by atoms with Gasteiger partial charge < -0.3 is 0 Å². The largest absolute Gasteiger partial charge is 0.268 e. The summed E-state index contributed by atoms with van der Waals surface area (Å²) < 4.78 is 3.09. The second-order valence-corrected chi connectivity index (χ2v) is 4.56. The van der Waals surface area contributed by atoms with E-state index in [-0.39, 0.29) is 0 Å². The van der Waals surface area contributed by atoms with Crippen LogP contribution in [0.4, 0.5) is 0 Å². The van der Waals surface area contributed by atoms with Gasteiger partial charge in [-0.1, -0.05) is 30.3 Å². The summed E-state index contributed by atoms with van der Waals surface area (Å²) >= 11 is 3.55. The lowest BCUT2D eigenvalue weighted by molar-refractivity contribution is 0.652. The molecule has 0 atom stereocenters. The molecular weight excluding hydrogens is 252 g/mol. The summed E-state index contributed by atoms with van der Waals surface area (Å²) in [6, 6.07) is 10.5. The number of fused-ring (bicyclic) bond motifs is 1. The molecule has 1 aliphatic heterocycles. The fraction of sp³-hybridized carbons (Fsp3) is 0.250. The standard InChI is InChI=1S/C12H11BrN2/c13-12-11(9-5-2-1-3-6-9)10-7-4-8-15(10)14-12/h1-3,5-6H,4,7-8H2. The molecule has 0 saturated heterocycles. The van der Waals surface area contributed by atoms with Crippen molar-refractivity contribution in [1.29, 1.82) is 0 Å². The van der Waals surface area contributed by atoms with Gasteiger partial charge in [-0.15, -0.1) is 0 Å². The van der Waals surface area contributed by atoms with Gasteiger partial charge >= 0.3 is 0 Å². The molecule has 0 N–H and O–H groups in total. The van der Waals surface area contributed by atoms with Gasteiger partial charge in [-0.05, 0) is 34.3 Å². The molecule has 1 aliphatic rings. The van der Waals surface area contributed by atoms with Crippen LogP contribution in [0.2, 0.25) is 0 Å². The molecule has 3 rings (SSSR count). The molecule has 3 heteroatoms. The van der Waals surface area contributed by atoms with E-state index in [0.717, 1.165) is 17.6 Å². The zero-order valence-electron chi connectivity index (χ0n) is 8.28. The van der Waals surface area contributed by atoms with Crippen LogP contribution < -0.4 is 0 Å². The first-order valence-corrected chi connectivity index (χ1v) is 5.96. The first-order valence-electron chi connectivity index (χ1n) is 5.17.